The van der Waals surface area contributed by atoms with Crippen LogP contribution in [0.25, 0.3) is 0 Å². The summed E-state index contributed by atoms with van der Waals surface area (Å²) in [6, 6.07) is 9.34. The van der Waals surface area contributed by atoms with Gasteiger partial charge in [0.05, 0.1) is 12.5 Å². The van der Waals surface area contributed by atoms with E-state index in [-0.39, 0.29) is 24.3 Å². The Hall–Kier alpha value is -1.88. The lowest BCUT2D eigenvalue weighted by Crippen LogP contribution is -2.43. The first kappa shape index (κ1) is 18.5. The predicted octanol–water partition coefficient (Wildman–Crippen LogP) is 1.77. The van der Waals surface area contributed by atoms with Gasteiger partial charge in [-0.05, 0) is 24.3 Å². The molecule has 1 aromatic carbocycles. The van der Waals surface area contributed by atoms with E-state index >= 15 is 0 Å². The number of carbonyl (C=O) groups is 2. The molecule has 5 heteroatoms. The molecular weight excluding hydrogens is 304 g/mol. The summed E-state index contributed by atoms with van der Waals surface area (Å²) >= 11 is 0. The molecule has 1 aromatic rings. The summed E-state index contributed by atoms with van der Waals surface area (Å²) in [7, 11) is 0. The maximum absolute atomic E-state index is 12.3. The lowest BCUT2D eigenvalue weighted by atomic mass is 9.95. The molecule has 1 atom stereocenters. The van der Waals surface area contributed by atoms with Gasteiger partial charge in [-0.15, -0.1) is 0 Å². The Morgan fingerprint density at radius 1 is 1.21 bits per heavy atom. The normalized spacial score (nSPS) is 16.9. The van der Waals surface area contributed by atoms with E-state index in [0.717, 1.165) is 31.5 Å². The molecule has 0 aromatic heterocycles. The molecule has 1 fully saturated rings. The Morgan fingerprint density at radius 3 is 2.38 bits per heavy atom. The minimum atomic E-state index is -0.520. The number of nitrogens with one attached hydrogen (secondary N) is 1. The van der Waals surface area contributed by atoms with Gasteiger partial charge in [-0.3, -0.25) is 9.59 Å². The van der Waals surface area contributed by atoms with Gasteiger partial charge in [0.15, 0.2) is 0 Å². The molecule has 2 N–H and O–H groups in total. The van der Waals surface area contributed by atoms with Crippen LogP contribution in [0.15, 0.2) is 30.3 Å². The van der Waals surface area contributed by atoms with Crippen molar-refractivity contribution in [3.63, 3.8) is 0 Å². The van der Waals surface area contributed by atoms with Gasteiger partial charge in [-0.25, -0.2) is 0 Å². The van der Waals surface area contributed by atoms with Crippen molar-refractivity contribution in [1.29, 1.82) is 0 Å². The fourth-order valence-electron chi connectivity index (χ4n) is 3.12. The van der Waals surface area contributed by atoms with Crippen LogP contribution in [-0.4, -0.2) is 48.1 Å². The highest BCUT2D eigenvalue weighted by molar-refractivity contribution is 5.83. The summed E-state index contributed by atoms with van der Waals surface area (Å²) in [5.74, 6) is -0.0159. The third kappa shape index (κ3) is 4.81. The molecule has 5 nitrogen and oxygen atoms in total. The van der Waals surface area contributed by atoms with E-state index in [0.29, 0.717) is 12.5 Å². The summed E-state index contributed by atoms with van der Waals surface area (Å²) in [6.07, 6.45) is 1.82. The van der Waals surface area contributed by atoms with Gasteiger partial charge in [0.2, 0.25) is 11.8 Å². The van der Waals surface area contributed by atoms with E-state index < -0.39 is 5.92 Å². The largest absolute Gasteiger partial charge is 0.395 e. The SMILES string of the molecule is CC(C)C(=O)N1CCC(CNC(=O)C(CO)c2ccccc2)CC1. The molecule has 0 radical (unpaired) electrons. The van der Waals surface area contributed by atoms with Crippen LogP contribution >= 0.6 is 0 Å². The number of hydrogen-bond acceptors (Lipinski definition) is 3. The highest BCUT2D eigenvalue weighted by Gasteiger charge is 2.25. The molecule has 0 aliphatic carbocycles. The van der Waals surface area contributed by atoms with Gasteiger partial charge in [0, 0.05) is 25.6 Å². The molecule has 1 aliphatic heterocycles. The number of benzene rings is 1. The number of hydrogen-bond donors (Lipinski definition) is 2. The van der Waals surface area contributed by atoms with Crippen LogP contribution in [0.5, 0.6) is 0 Å². The summed E-state index contributed by atoms with van der Waals surface area (Å²) in [5, 5.41) is 12.5. The molecule has 24 heavy (non-hydrogen) atoms. The first-order chi connectivity index (χ1) is 11.5. The average Bonchev–Trinajstić information content (AvgIpc) is 2.61. The summed E-state index contributed by atoms with van der Waals surface area (Å²) in [5.41, 5.74) is 0.829. The molecule has 1 heterocycles. The summed E-state index contributed by atoms with van der Waals surface area (Å²) < 4.78 is 0. The second-order valence-electron chi connectivity index (χ2n) is 6.81. The number of piperidine rings is 1. The van der Waals surface area contributed by atoms with Crippen LogP contribution in [0.2, 0.25) is 0 Å². The Morgan fingerprint density at radius 2 is 1.83 bits per heavy atom. The Bertz CT molecular complexity index is 537. The van der Waals surface area contributed by atoms with Crippen LogP contribution in [0.4, 0.5) is 0 Å². The summed E-state index contributed by atoms with van der Waals surface area (Å²) in [6.45, 7) is 5.78. The number of carbonyl (C=O) groups excluding carboxylic acids is 2. The van der Waals surface area contributed by atoms with Crippen molar-refractivity contribution in [1.82, 2.24) is 10.2 Å². The molecule has 2 amide bonds. The van der Waals surface area contributed by atoms with Crippen molar-refractivity contribution in [2.24, 2.45) is 11.8 Å². The number of aliphatic hydroxyl groups excluding tert-OH is 1. The first-order valence-corrected chi connectivity index (χ1v) is 8.75. The monoisotopic (exact) mass is 332 g/mol. The van der Waals surface area contributed by atoms with E-state index in [2.05, 4.69) is 5.32 Å². The zero-order valence-electron chi connectivity index (χ0n) is 14.6. The zero-order valence-corrected chi connectivity index (χ0v) is 14.6. The van der Waals surface area contributed by atoms with E-state index in [9.17, 15) is 14.7 Å². The Labute approximate surface area is 144 Å². The first-order valence-electron chi connectivity index (χ1n) is 8.75. The van der Waals surface area contributed by atoms with Gasteiger partial charge in [0.25, 0.3) is 0 Å². The van der Waals surface area contributed by atoms with Crippen molar-refractivity contribution >= 4 is 11.8 Å². The van der Waals surface area contributed by atoms with Crippen LogP contribution in [0.1, 0.15) is 38.2 Å². The van der Waals surface area contributed by atoms with Gasteiger partial charge < -0.3 is 15.3 Å². The zero-order chi connectivity index (χ0) is 17.5. The molecule has 0 saturated carbocycles. The van der Waals surface area contributed by atoms with E-state index in [1.54, 1.807) is 0 Å². The van der Waals surface area contributed by atoms with E-state index in [1.165, 1.54) is 0 Å². The van der Waals surface area contributed by atoms with Crippen molar-refractivity contribution < 1.29 is 14.7 Å². The number of amides is 2. The maximum Gasteiger partial charge on any atom is 0.229 e. The predicted molar refractivity (Wildman–Crippen MR) is 93.4 cm³/mol. The van der Waals surface area contributed by atoms with Crippen molar-refractivity contribution in [3.8, 4) is 0 Å². The molecule has 2 rings (SSSR count). The third-order valence-corrected chi connectivity index (χ3v) is 4.69. The van der Waals surface area contributed by atoms with Gasteiger partial charge >= 0.3 is 0 Å². The molecule has 132 valence electrons. The molecular formula is C19H28N2O3. The molecule has 1 aliphatic rings. The second-order valence-corrected chi connectivity index (χ2v) is 6.81. The molecule has 0 bridgehead atoms. The molecule has 1 unspecified atom stereocenters. The standard InChI is InChI=1S/C19H28N2O3/c1-14(2)19(24)21-10-8-15(9-11-21)12-20-18(23)17(13-22)16-6-4-3-5-7-16/h3-7,14-15,17,22H,8-13H2,1-2H3,(H,20,23). The van der Waals surface area contributed by atoms with Crippen molar-refractivity contribution in [2.75, 3.05) is 26.2 Å². The fourth-order valence-corrected chi connectivity index (χ4v) is 3.12. The Balaban J connectivity index is 1.79. The summed E-state index contributed by atoms with van der Waals surface area (Å²) in [4.78, 5) is 26.2. The molecule has 0 spiro atoms. The maximum atomic E-state index is 12.3. The van der Waals surface area contributed by atoms with Gasteiger partial charge in [-0.2, -0.15) is 0 Å². The van der Waals surface area contributed by atoms with Crippen molar-refractivity contribution in [3.05, 3.63) is 35.9 Å². The number of nitrogens with zero attached hydrogens (tertiary/aromatic N) is 1. The minimum absolute atomic E-state index is 0.0393. The number of likely N-dealkylation sites (tertiary alicyclic amines) is 1. The number of rotatable bonds is 6. The van der Waals surface area contributed by atoms with Crippen LogP contribution in [0.3, 0.4) is 0 Å². The lowest BCUT2D eigenvalue weighted by Gasteiger charge is -2.33. The second kappa shape index (κ2) is 8.83. The quantitative estimate of drug-likeness (QED) is 0.834. The van der Waals surface area contributed by atoms with E-state index in [1.807, 2.05) is 49.1 Å². The van der Waals surface area contributed by atoms with Crippen LogP contribution in [-0.2, 0) is 9.59 Å². The topological polar surface area (TPSA) is 69.6 Å². The van der Waals surface area contributed by atoms with Crippen LogP contribution in [0, 0.1) is 11.8 Å². The third-order valence-electron chi connectivity index (χ3n) is 4.69. The highest BCUT2D eigenvalue weighted by Crippen LogP contribution is 2.19. The minimum Gasteiger partial charge on any atom is -0.395 e. The van der Waals surface area contributed by atoms with Gasteiger partial charge in [-0.1, -0.05) is 44.2 Å². The van der Waals surface area contributed by atoms with Crippen LogP contribution < -0.4 is 5.32 Å². The Kier molecular flexibility index (Phi) is 6.79. The van der Waals surface area contributed by atoms with E-state index in [4.69, 9.17) is 0 Å². The molecule has 1 saturated heterocycles. The van der Waals surface area contributed by atoms with Gasteiger partial charge in [0.1, 0.15) is 0 Å². The highest BCUT2D eigenvalue weighted by atomic mass is 16.3. The fraction of sp³-hybridized carbons (Fsp3) is 0.579. The number of aliphatic hydroxyl groups is 1. The van der Waals surface area contributed by atoms with Crippen molar-refractivity contribution in [2.45, 2.75) is 32.6 Å². The average molecular weight is 332 g/mol. The lowest BCUT2D eigenvalue weighted by molar-refractivity contribution is -0.136. The smallest absolute Gasteiger partial charge is 0.229 e.